The molecule has 2 saturated heterocycles. The molecule has 10 rings (SSSR count). The van der Waals surface area contributed by atoms with Gasteiger partial charge >= 0.3 is 0 Å². The van der Waals surface area contributed by atoms with E-state index < -0.39 is 44.7 Å². The number of aromatic nitrogens is 4. The van der Waals surface area contributed by atoms with Gasteiger partial charge in [0.25, 0.3) is 20.0 Å². The first-order valence-corrected chi connectivity index (χ1v) is 26.9. The summed E-state index contributed by atoms with van der Waals surface area (Å²) in [5.74, 6) is -1.35. The fourth-order valence-electron chi connectivity index (χ4n) is 9.76. The zero-order valence-corrected chi connectivity index (χ0v) is 40.2. The topological polar surface area (TPSA) is 169 Å². The number of fused-ring (bicyclic) bond motifs is 2. The molecule has 2 aromatic heterocycles. The van der Waals surface area contributed by atoms with Crippen LogP contribution in [0.25, 0.3) is 0 Å². The first kappa shape index (κ1) is 49.6. The van der Waals surface area contributed by atoms with E-state index in [-0.39, 0.29) is 68.7 Å². The van der Waals surface area contributed by atoms with E-state index in [1.165, 1.54) is 61.2 Å². The third kappa shape index (κ3) is 11.1. The Bertz CT molecular complexity index is 2750. The van der Waals surface area contributed by atoms with E-state index >= 15 is 0 Å². The van der Waals surface area contributed by atoms with Crippen molar-refractivity contribution in [3.63, 3.8) is 0 Å². The van der Waals surface area contributed by atoms with E-state index in [1.807, 2.05) is 0 Å². The Kier molecular flexibility index (Phi) is 15.0. The Morgan fingerprint density at radius 1 is 0.557 bits per heavy atom. The number of hydrogen-bond donors (Lipinski definition) is 2. The number of ether oxygens (including phenoxy) is 2. The first-order chi connectivity index (χ1) is 33.6. The van der Waals surface area contributed by atoms with Crippen molar-refractivity contribution in [2.75, 3.05) is 35.7 Å². The minimum absolute atomic E-state index is 0.0265. The molecule has 2 N–H and O–H groups in total. The molecule has 0 radical (unpaired) electrons. The van der Waals surface area contributed by atoms with Gasteiger partial charge in [0.05, 0.1) is 23.0 Å². The fraction of sp³-hybridized carbons (Fsp3) is 0.391. The van der Waals surface area contributed by atoms with Gasteiger partial charge in [0, 0.05) is 95.2 Å². The van der Waals surface area contributed by atoms with Gasteiger partial charge < -0.3 is 9.47 Å². The number of halogens is 6. The lowest BCUT2D eigenvalue weighted by Crippen LogP contribution is -2.42. The van der Waals surface area contributed by atoms with E-state index in [4.69, 9.17) is 9.47 Å². The maximum absolute atomic E-state index is 13.6. The molecule has 0 spiro atoms. The minimum Gasteiger partial charge on any atom is -0.493 e. The lowest BCUT2D eigenvalue weighted by atomic mass is 9.84. The average Bonchev–Trinajstić information content (AvgIpc) is 4.08. The molecule has 2 fully saturated rings. The highest BCUT2D eigenvalue weighted by molar-refractivity contribution is 7.93. The zero-order chi connectivity index (χ0) is 49.2. The molecule has 0 amide bonds. The van der Waals surface area contributed by atoms with Crippen LogP contribution in [0.4, 0.5) is 36.6 Å². The van der Waals surface area contributed by atoms with Gasteiger partial charge in [-0.25, -0.2) is 53.1 Å². The Hall–Kier alpha value is -5.40. The number of hydrogen-bond acceptors (Lipinski definition) is 14. The van der Waals surface area contributed by atoms with Crippen LogP contribution in [0.2, 0.25) is 0 Å². The minimum atomic E-state index is -3.89. The number of alkyl halides is 4. The number of anilines is 2. The van der Waals surface area contributed by atoms with Crippen molar-refractivity contribution < 1.29 is 52.7 Å². The summed E-state index contributed by atoms with van der Waals surface area (Å²) in [5.41, 5.74) is 3.16. The summed E-state index contributed by atoms with van der Waals surface area (Å²) >= 11 is 1.85. The standard InChI is InChI=1S/2C23H23F3N4O3S2/c2*24-16-3-1-14(2-4-16)20-11-15(22(25)26)7-9-30(20)19-8-10-33-21-12-17(5-6-18(19)21)35(31,32)29-23-27-13-28-34-23/h2*1-6,12-13,15,19-20,22H,7-11H2,(H,27,28,29)/t2*15-,19?,20+/m11/s1. The van der Waals surface area contributed by atoms with Gasteiger partial charge in [-0.3, -0.25) is 19.2 Å². The van der Waals surface area contributed by atoms with Crippen LogP contribution in [0.5, 0.6) is 11.5 Å². The molecule has 4 aliphatic rings. The van der Waals surface area contributed by atoms with Gasteiger partial charge in [-0.1, -0.05) is 36.4 Å². The molecule has 372 valence electrons. The van der Waals surface area contributed by atoms with Gasteiger partial charge in [0.2, 0.25) is 23.1 Å². The molecular formula is C46H46F6N8O6S4. The SMILES string of the molecule is O=S(=O)(Nc1ncns1)c1ccc2c(c1)OCCC2N1CC[C@@H](C(F)F)C[C@H]1c1ccc(F)cc1.O=S(=O)(Nc1ncns1)c1ccc2c(c1)OCCC2N1CC[C@@H](C(F)F)C[C@H]1c1ccc(F)cc1. The second kappa shape index (κ2) is 21.1. The highest BCUT2D eigenvalue weighted by Gasteiger charge is 2.41. The first-order valence-electron chi connectivity index (χ1n) is 22.3. The van der Waals surface area contributed by atoms with Crippen molar-refractivity contribution in [2.45, 2.75) is 85.3 Å². The average molecular weight is 1050 g/mol. The van der Waals surface area contributed by atoms with Gasteiger partial charge in [-0.2, -0.15) is 8.75 Å². The van der Waals surface area contributed by atoms with Gasteiger partial charge in [0.15, 0.2) is 0 Å². The molecule has 6 aromatic rings. The van der Waals surface area contributed by atoms with Gasteiger partial charge in [-0.05, 0) is 86.3 Å². The zero-order valence-electron chi connectivity index (χ0n) is 37.0. The summed E-state index contributed by atoms with van der Waals surface area (Å²) < 4.78 is 157. The molecule has 70 heavy (non-hydrogen) atoms. The molecular weight excluding hydrogens is 1000 g/mol. The van der Waals surface area contributed by atoms with Crippen LogP contribution in [-0.4, -0.2) is 84.5 Å². The quantitative estimate of drug-likeness (QED) is 0.112. The number of nitrogens with one attached hydrogen (secondary N) is 2. The van der Waals surface area contributed by atoms with E-state index in [0.29, 0.717) is 63.5 Å². The Morgan fingerprint density at radius 2 is 0.957 bits per heavy atom. The number of sulfonamides is 2. The Morgan fingerprint density at radius 3 is 1.31 bits per heavy atom. The van der Waals surface area contributed by atoms with Crippen LogP contribution in [-0.2, 0) is 20.0 Å². The van der Waals surface area contributed by atoms with Crippen LogP contribution in [0.1, 0.15) is 84.9 Å². The smallest absolute Gasteiger partial charge is 0.263 e. The van der Waals surface area contributed by atoms with E-state index in [0.717, 1.165) is 45.3 Å². The third-order valence-corrected chi connectivity index (χ3v) is 17.3. The van der Waals surface area contributed by atoms with Crippen LogP contribution in [0, 0.1) is 23.5 Å². The maximum Gasteiger partial charge on any atom is 0.263 e. The fourth-order valence-corrected chi connectivity index (χ4v) is 13.1. The molecule has 0 saturated carbocycles. The molecule has 6 atom stereocenters. The summed E-state index contributed by atoms with van der Waals surface area (Å²) in [4.78, 5) is 12.1. The number of rotatable bonds is 12. The van der Waals surface area contributed by atoms with Crippen molar-refractivity contribution in [1.82, 2.24) is 28.5 Å². The van der Waals surface area contributed by atoms with Crippen molar-refractivity contribution in [2.24, 2.45) is 11.8 Å². The predicted molar refractivity (Wildman–Crippen MR) is 249 cm³/mol. The number of likely N-dealkylation sites (tertiary alicyclic amines) is 2. The molecule has 24 heteroatoms. The molecule has 0 aliphatic carbocycles. The van der Waals surface area contributed by atoms with Crippen molar-refractivity contribution in [3.05, 3.63) is 131 Å². The largest absolute Gasteiger partial charge is 0.493 e. The second-order valence-electron chi connectivity index (χ2n) is 17.3. The van der Waals surface area contributed by atoms with Crippen LogP contribution in [0.3, 0.4) is 0 Å². The number of benzene rings is 4. The van der Waals surface area contributed by atoms with E-state index in [1.54, 1.807) is 36.4 Å². The van der Waals surface area contributed by atoms with Crippen molar-refractivity contribution in [1.29, 1.82) is 0 Å². The summed E-state index contributed by atoms with van der Waals surface area (Å²) in [5, 5.41) is 0.316. The monoisotopic (exact) mass is 1050 g/mol. The Labute approximate surface area is 408 Å². The second-order valence-corrected chi connectivity index (χ2v) is 22.2. The normalized spacial score (nSPS) is 23.0. The van der Waals surface area contributed by atoms with Crippen molar-refractivity contribution in [3.8, 4) is 11.5 Å². The number of piperidine rings is 2. The van der Waals surface area contributed by atoms with Gasteiger partial charge in [-0.15, -0.1) is 0 Å². The summed E-state index contributed by atoms with van der Waals surface area (Å²) in [6.07, 6.45) is 0.141. The summed E-state index contributed by atoms with van der Waals surface area (Å²) in [6.45, 7) is 1.60. The van der Waals surface area contributed by atoms with E-state index in [2.05, 4.69) is 38.0 Å². The number of nitrogens with zero attached hydrogens (tertiary/aromatic N) is 6. The molecule has 4 aromatic carbocycles. The molecule has 0 bridgehead atoms. The highest BCUT2D eigenvalue weighted by Crippen LogP contribution is 2.48. The van der Waals surface area contributed by atoms with Crippen LogP contribution < -0.4 is 18.9 Å². The van der Waals surface area contributed by atoms with Gasteiger partial charge in [0.1, 0.15) is 35.8 Å². The molecule has 6 heterocycles. The molecule has 14 nitrogen and oxygen atoms in total. The highest BCUT2D eigenvalue weighted by atomic mass is 32.2. The summed E-state index contributed by atoms with van der Waals surface area (Å²) in [6, 6.07) is 20.4. The molecule has 4 aliphatic heterocycles. The van der Waals surface area contributed by atoms with Crippen LogP contribution in [0.15, 0.2) is 107 Å². The van der Waals surface area contributed by atoms with Crippen molar-refractivity contribution >= 4 is 53.4 Å². The predicted octanol–water partition coefficient (Wildman–Crippen LogP) is 10.0. The summed E-state index contributed by atoms with van der Waals surface area (Å²) in [7, 11) is -7.78. The lowest BCUT2D eigenvalue weighted by Gasteiger charge is -2.45. The maximum atomic E-state index is 13.6. The lowest BCUT2D eigenvalue weighted by molar-refractivity contribution is -0.0135. The molecule has 2 unspecified atom stereocenters. The van der Waals surface area contributed by atoms with Crippen LogP contribution >= 0.6 is 23.1 Å². The Balaban J connectivity index is 0.000000174. The third-order valence-electron chi connectivity index (χ3n) is 13.2. The van der Waals surface area contributed by atoms with E-state index in [9.17, 15) is 43.2 Å².